The molecule has 0 saturated heterocycles. The first-order chi connectivity index (χ1) is 12.0. The minimum Gasteiger partial charge on any atom is -0.350 e. The second kappa shape index (κ2) is 7.83. The summed E-state index contributed by atoms with van der Waals surface area (Å²) in [5.41, 5.74) is 3.06. The van der Waals surface area contributed by atoms with Crippen molar-refractivity contribution in [3.63, 3.8) is 0 Å². The van der Waals surface area contributed by atoms with Crippen LogP contribution >= 0.6 is 15.9 Å². The number of benzene rings is 2. The average Bonchev–Trinajstić information content (AvgIpc) is 2.60. The van der Waals surface area contributed by atoms with Crippen molar-refractivity contribution < 1.29 is 9.59 Å². The molecule has 25 heavy (non-hydrogen) atoms. The number of rotatable bonds is 5. The van der Waals surface area contributed by atoms with Gasteiger partial charge in [-0.2, -0.15) is 0 Å². The van der Waals surface area contributed by atoms with Crippen LogP contribution in [0.15, 0.2) is 53.0 Å². The molecule has 2 aromatic carbocycles. The lowest BCUT2D eigenvalue weighted by atomic mass is 9.89. The zero-order valence-electron chi connectivity index (χ0n) is 14.1. The van der Waals surface area contributed by atoms with Crippen LogP contribution in [0, 0.1) is 5.92 Å². The fourth-order valence-electron chi connectivity index (χ4n) is 3.17. The number of carbonyl (C=O) groups excluding carboxylic acids is 2. The largest absolute Gasteiger partial charge is 0.350 e. The maximum absolute atomic E-state index is 12.3. The van der Waals surface area contributed by atoms with E-state index in [1.54, 1.807) is 0 Å². The molecule has 0 aromatic heterocycles. The lowest BCUT2D eigenvalue weighted by molar-refractivity contribution is -0.123. The molecule has 1 aliphatic rings. The van der Waals surface area contributed by atoms with Crippen molar-refractivity contribution in [3.8, 4) is 0 Å². The molecular weight excluding hydrogens is 380 g/mol. The number of anilines is 1. The second-order valence-electron chi connectivity index (χ2n) is 6.40. The van der Waals surface area contributed by atoms with Gasteiger partial charge in [-0.3, -0.25) is 9.59 Å². The Kier molecular flexibility index (Phi) is 5.53. The topological polar surface area (TPSA) is 58.2 Å². The molecule has 0 spiro atoms. The molecule has 5 heteroatoms. The first kappa shape index (κ1) is 17.7. The Hall–Kier alpha value is -2.14. The summed E-state index contributed by atoms with van der Waals surface area (Å²) >= 11 is 3.51. The number of amides is 2. The Morgan fingerprint density at radius 2 is 1.96 bits per heavy atom. The van der Waals surface area contributed by atoms with Gasteiger partial charge in [-0.05, 0) is 43.0 Å². The molecule has 2 N–H and O–H groups in total. The number of fused-ring (bicyclic) bond motifs is 1. The van der Waals surface area contributed by atoms with Gasteiger partial charge in [0.2, 0.25) is 11.8 Å². The SMILES string of the molecule is CC(NC(=O)CCC1Cc2ccccc2NC1=O)c1ccccc1Br. The summed E-state index contributed by atoms with van der Waals surface area (Å²) in [5.74, 6) is -0.181. The predicted molar refractivity (Wildman–Crippen MR) is 102 cm³/mol. The number of halogens is 1. The van der Waals surface area contributed by atoms with Crippen molar-refractivity contribution in [1.29, 1.82) is 0 Å². The second-order valence-corrected chi connectivity index (χ2v) is 7.25. The normalized spacial score (nSPS) is 17.4. The molecule has 0 fully saturated rings. The Morgan fingerprint density at radius 1 is 1.24 bits per heavy atom. The maximum Gasteiger partial charge on any atom is 0.227 e. The Labute approximate surface area is 156 Å². The van der Waals surface area contributed by atoms with Crippen LogP contribution in [0.2, 0.25) is 0 Å². The third kappa shape index (κ3) is 4.28. The van der Waals surface area contributed by atoms with Crippen LogP contribution in [0.3, 0.4) is 0 Å². The number of nitrogens with one attached hydrogen (secondary N) is 2. The van der Waals surface area contributed by atoms with E-state index in [2.05, 4.69) is 26.6 Å². The van der Waals surface area contributed by atoms with Crippen LogP contribution in [-0.4, -0.2) is 11.8 Å². The van der Waals surface area contributed by atoms with Gasteiger partial charge in [0.05, 0.1) is 6.04 Å². The molecule has 2 unspecified atom stereocenters. The summed E-state index contributed by atoms with van der Waals surface area (Å²) in [4.78, 5) is 24.5. The fraction of sp³-hybridized carbons (Fsp3) is 0.300. The highest BCUT2D eigenvalue weighted by molar-refractivity contribution is 9.10. The van der Waals surface area contributed by atoms with Gasteiger partial charge < -0.3 is 10.6 Å². The molecule has 2 atom stereocenters. The van der Waals surface area contributed by atoms with Gasteiger partial charge in [-0.1, -0.05) is 52.3 Å². The van der Waals surface area contributed by atoms with Crippen LogP contribution in [-0.2, 0) is 16.0 Å². The summed E-state index contributed by atoms with van der Waals surface area (Å²) in [6.07, 6.45) is 1.58. The summed E-state index contributed by atoms with van der Waals surface area (Å²) in [7, 11) is 0. The van der Waals surface area contributed by atoms with E-state index in [1.165, 1.54) is 0 Å². The zero-order chi connectivity index (χ0) is 17.8. The lowest BCUT2D eigenvalue weighted by Crippen LogP contribution is -2.32. The third-order valence-corrected chi connectivity index (χ3v) is 5.30. The van der Waals surface area contributed by atoms with Crippen molar-refractivity contribution in [2.24, 2.45) is 5.92 Å². The van der Waals surface area contributed by atoms with Gasteiger partial charge in [0.15, 0.2) is 0 Å². The standard InChI is InChI=1S/C20H21BrN2O2/c1-13(16-7-3-4-8-17(16)21)22-19(24)11-10-15-12-14-6-2-5-9-18(14)23-20(15)25/h2-9,13,15H,10-12H2,1H3,(H,22,24)(H,23,25). The van der Waals surface area contributed by atoms with E-state index < -0.39 is 0 Å². The van der Waals surface area contributed by atoms with Gasteiger partial charge in [-0.25, -0.2) is 0 Å². The van der Waals surface area contributed by atoms with Crippen molar-refractivity contribution >= 4 is 33.4 Å². The molecule has 2 aromatic rings. The zero-order valence-corrected chi connectivity index (χ0v) is 15.7. The number of carbonyl (C=O) groups is 2. The van der Waals surface area contributed by atoms with Gasteiger partial charge in [0.1, 0.15) is 0 Å². The molecule has 0 aliphatic carbocycles. The van der Waals surface area contributed by atoms with E-state index in [0.717, 1.165) is 21.3 Å². The molecule has 130 valence electrons. The van der Waals surface area contributed by atoms with E-state index in [0.29, 0.717) is 19.3 Å². The van der Waals surface area contributed by atoms with Gasteiger partial charge in [-0.15, -0.1) is 0 Å². The van der Waals surface area contributed by atoms with Crippen LogP contribution < -0.4 is 10.6 Å². The summed E-state index contributed by atoms with van der Waals surface area (Å²) in [5, 5.41) is 5.94. The van der Waals surface area contributed by atoms with Gasteiger partial charge in [0, 0.05) is 22.5 Å². The average molecular weight is 401 g/mol. The highest BCUT2D eigenvalue weighted by atomic mass is 79.9. The Balaban J connectivity index is 1.54. The molecule has 0 bridgehead atoms. The van der Waals surface area contributed by atoms with E-state index >= 15 is 0 Å². The van der Waals surface area contributed by atoms with Crippen LogP contribution in [0.25, 0.3) is 0 Å². The number of hydrogen-bond acceptors (Lipinski definition) is 2. The highest BCUT2D eigenvalue weighted by Crippen LogP contribution is 2.28. The van der Waals surface area contributed by atoms with Gasteiger partial charge in [0.25, 0.3) is 0 Å². The highest BCUT2D eigenvalue weighted by Gasteiger charge is 2.26. The van der Waals surface area contributed by atoms with Crippen molar-refractivity contribution in [3.05, 3.63) is 64.1 Å². The quantitative estimate of drug-likeness (QED) is 0.789. The van der Waals surface area contributed by atoms with Crippen molar-refractivity contribution in [2.45, 2.75) is 32.2 Å². The van der Waals surface area contributed by atoms with E-state index in [4.69, 9.17) is 0 Å². The molecule has 0 saturated carbocycles. The molecule has 1 aliphatic heterocycles. The van der Waals surface area contributed by atoms with E-state index in [-0.39, 0.29) is 23.8 Å². The minimum atomic E-state index is -0.153. The third-order valence-electron chi connectivity index (χ3n) is 4.58. The molecule has 2 amide bonds. The van der Waals surface area contributed by atoms with Crippen molar-refractivity contribution in [2.75, 3.05) is 5.32 Å². The van der Waals surface area contributed by atoms with E-state index in [9.17, 15) is 9.59 Å². The summed E-state index contributed by atoms with van der Waals surface area (Å²) < 4.78 is 0.978. The van der Waals surface area contributed by atoms with Crippen LogP contribution in [0.4, 0.5) is 5.69 Å². The summed E-state index contributed by atoms with van der Waals surface area (Å²) in [6.45, 7) is 1.96. The number of hydrogen-bond donors (Lipinski definition) is 2. The first-order valence-corrected chi connectivity index (χ1v) is 9.26. The summed E-state index contributed by atoms with van der Waals surface area (Å²) in [6, 6.07) is 15.6. The molecular formula is C20H21BrN2O2. The molecule has 0 radical (unpaired) electrons. The molecule has 1 heterocycles. The monoisotopic (exact) mass is 400 g/mol. The van der Waals surface area contributed by atoms with Crippen LogP contribution in [0.1, 0.15) is 36.9 Å². The Morgan fingerprint density at radius 3 is 2.76 bits per heavy atom. The van der Waals surface area contributed by atoms with Gasteiger partial charge >= 0.3 is 0 Å². The first-order valence-electron chi connectivity index (χ1n) is 8.47. The smallest absolute Gasteiger partial charge is 0.227 e. The molecule has 4 nitrogen and oxygen atoms in total. The van der Waals surface area contributed by atoms with E-state index in [1.807, 2.05) is 55.5 Å². The fourth-order valence-corrected chi connectivity index (χ4v) is 3.80. The predicted octanol–water partition coefficient (Wildman–Crippen LogP) is 4.22. The minimum absolute atomic E-state index is 0.00496. The van der Waals surface area contributed by atoms with Crippen LogP contribution in [0.5, 0.6) is 0 Å². The molecule has 3 rings (SSSR count). The number of para-hydroxylation sites is 1. The lowest BCUT2D eigenvalue weighted by Gasteiger charge is -2.24. The Bertz CT molecular complexity index is 791. The maximum atomic E-state index is 12.3. The van der Waals surface area contributed by atoms with Crippen molar-refractivity contribution in [1.82, 2.24) is 5.32 Å².